The maximum absolute atomic E-state index is 10.9. The van der Waals surface area contributed by atoms with Crippen molar-refractivity contribution in [2.75, 3.05) is 26.4 Å². The van der Waals surface area contributed by atoms with E-state index in [0.29, 0.717) is 0 Å². The number of rotatable bonds is 6. The SMILES string of the molecule is CNCC(O)C(O)c1cc(OC)cc([N+](=O)[O-])c1N. The Labute approximate surface area is 110 Å². The maximum atomic E-state index is 10.9. The van der Waals surface area contributed by atoms with Crippen LogP contribution < -0.4 is 15.8 Å². The van der Waals surface area contributed by atoms with Crippen molar-refractivity contribution in [1.29, 1.82) is 0 Å². The molecule has 1 aromatic rings. The van der Waals surface area contributed by atoms with E-state index in [1.807, 2.05) is 0 Å². The second-order valence-corrected chi connectivity index (χ2v) is 3.98. The van der Waals surface area contributed by atoms with E-state index in [1.54, 1.807) is 7.05 Å². The summed E-state index contributed by atoms with van der Waals surface area (Å²) in [5.74, 6) is 0.187. The van der Waals surface area contributed by atoms with Gasteiger partial charge in [0, 0.05) is 12.1 Å². The van der Waals surface area contributed by atoms with Crippen molar-refractivity contribution in [2.24, 2.45) is 0 Å². The molecule has 0 bridgehead atoms. The van der Waals surface area contributed by atoms with Gasteiger partial charge in [-0.15, -0.1) is 0 Å². The standard InChI is InChI=1S/C11H17N3O5/c1-13-5-9(15)11(16)7-3-6(19-2)4-8(10(7)12)14(17)18/h3-4,9,11,13,15-16H,5,12H2,1-2H3. The number of hydrogen-bond donors (Lipinski definition) is 4. The molecule has 0 aliphatic rings. The summed E-state index contributed by atoms with van der Waals surface area (Å²) < 4.78 is 4.92. The molecule has 0 spiro atoms. The monoisotopic (exact) mass is 271 g/mol. The molecule has 1 rings (SSSR count). The van der Waals surface area contributed by atoms with E-state index in [9.17, 15) is 20.3 Å². The van der Waals surface area contributed by atoms with E-state index in [2.05, 4.69) is 5.32 Å². The summed E-state index contributed by atoms with van der Waals surface area (Å²) >= 11 is 0. The Morgan fingerprint density at radius 3 is 2.63 bits per heavy atom. The third kappa shape index (κ3) is 3.31. The molecule has 0 amide bonds. The largest absolute Gasteiger partial charge is 0.496 e. The van der Waals surface area contributed by atoms with Crippen molar-refractivity contribution >= 4 is 11.4 Å². The third-order valence-electron chi connectivity index (χ3n) is 2.69. The van der Waals surface area contributed by atoms with E-state index in [0.717, 1.165) is 6.07 Å². The van der Waals surface area contributed by atoms with Gasteiger partial charge in [-0.05, 0) is 13.1 Å². The smallest absolute Gasteiger partial charge is 0.296 e. The van der Waals surface area contributed by atoms with Crippen LogP contribution in [0.4, 0.5) is 11.4 Å². The number of nitrogen functional groups attached to an aromatic ring is 1. The number of nitrogens with one attached hydrogen (secondary N) is 1. The number of aliphatic hydroxyl groups excluding tert-OH is 2. The molecule has 0 aliphatic heterocycles. The Kier molecular flexibility index (Phi) is 5.04. The van der Waals surface area contributed by atoms with Crippen LogP contribution in [0.5, 0.6) is 5.75 Å². The summed E-state index contributed by atoms with van der Waals surface area (Å²) in [6, 6.07) is 2.53. The molecule has 2 unspecified atom stereocenters. The first-order chi connectivity index (χ1) is 8.92. The Morgan fingerprint density at radius 1 is 1.53 bits per heavy atom. The number of ether oxygens (including phenoxy) is 1. The van der Waals surface area contributed by atoms with Crippen LogP contribution in [0, 0.1) is 10.1 Å². The number of hydrogen-bond acceptors (Lipinski definition) is 7. The van der Waals surface area contributed by atoms with Gasteiger partial charge in [0.2, 0.25) is 0 Å². The van der Waals surface area contributed by atoms with E-state index in [-0.39, 0.29) is 29.2 Å². The summed E-state index contributed by atoms with van der Waals surface area (Å²) in [4.78, 5) is 10.2. The van der Waals surface area contributed by atoms with Crippen LogP contribution >= 0.6 is 0 Å². The Hall–Kier alpha value is -1.90. The highest BCUT2D eigenvalue weighted by Crippen LogP contribution is 2.35. The first kappa shape index (κ1) is 15.2. The molecular weight excluding hydrogens is 254 g/mol. The van der Waals surface area contributed by atoms with E-state index >= 15 is 0 Å². The predicted octanol–water partition coefficient (Wildman–Crippen LogP) is -0.201. The molecule has 0 saturated carbocycles. The number of benzene rings is 1. The van der Waals surface area contributed by atoms with Gasteiger partial charge in [-0.25, -0.2) is 0 Å². The van der Waals surface area contributed by atoms with Gasteiger partial charge in [-0.1, -0.05) is 0 Å². The zero-order chi connectivity index (χ0) is 14.6. The second kappa shape index (κ2) is 6.32. The fraction of sp³-hybridized carbons (Fsp3) is 0.455. The van der Waals surface area contributed by atoms with Gasteiger partial charge in [-0.2, -0.15) is 0 Å². The predicted molar refractivity (Wildman–Crippen MR) is 69.0 cm³/mol. The molecule has 0 aromatic heterocycles. The molecule has 0 fully saturated rings. The molecule has 0 radical (unpaired) electrons. The van der Waals surface area contributed by atoms with Crippen molar-refractivity contribution in [2.45, 2.75) is 12.2 Å². The van der Waals surface area contributed by atoms with Gasteiger partial charge in [0.25, 0.3) is 5.69 Å². The lowest BCUT2D eigenvalue weighted by Crippen LogP contribution is -2.30. The average molecular weight is 271 g/mol. The summed E-state index contributed by atoms with van der Waals surface area (Å²) in [6.07, 6.45) is -2.49. The summed E-state index contributed by atoms with van der Waals surface area (Å²) in [6.45, 7) is 0.117. The molecule has 0 saturated heterocycles. The van der Waals surface area contributed by atoms with Crippen LogP contribution in [0.15, 0.2) is 12.1 Å². The highest BCUT2D eigenvalue weighted by Gasteiger charge is 2.26. The zero-order valence-corrected chi connectivity index (χ0v) is 10.7. The second-order valence-electron chi connectivity index (χ2n) is 3.98. The summed E-state index contributed by atoms with van der Waals surface area (Å²) in [5.41, 5.74) is 5.16. The molecule has 2 atom stereocenters. The van der Waals surface area contributed by atoms with Crippen molar-refractivity contribution in [1.82, 2.24) is 5.32 Å². The van der Waals surface area contributed by atoms with Crippen molar-refractivity contribution in [3.8, 4) is 5.75 Å². The quantitative estimate of drug-likeness (QED) is 0.320. The number of nitro benzene ring substituents is 1. The van der Waals surface area contributed by atoms with Gasteiger partial charge in [0.1, 0.15) is 17.5 Å². The fourth-order valence-corrected chi connectivity index (χ4v) is 1.67. The molecule has 0 aliphatic carbocycles. The van der Waals surface area contributed by atoms with Crippen LogP contribution in [-0.4, -0.2) is 41.9 Å². The van der Waals surface area contributed by atoms with Gasteiger partial charge >= 0.3 is 0 Å². The summed E-state index contributed by atoms with van der Waals surface area (Å²) in [7, 11) is 2.95. The van der Waals surface area contributed by atoms with Crippen molar-refractivity contribution < 1.29 is 19.9 Å². The third-order valence-corrected chi connectivity index (χ3v) is 2.69. The maximum Gasteiger partial charge on any atom is 0.296 e. The number of anilines is 1. The van der Waals surface area contributed by atoms with Gasteiger partial charge in [0.05, 0.1) is 24.2 Å². The van der Waals surface area contributed by atoms with E-state index in [1.165, 1.54) is 13.2 Å². The molecular formula is C11H17N3O5. The van der Waals surface area contributed by atoms with Crippen LogP contribution in [0.3, 0.4) is 0 Å². The van der Waals surface area contributed by atoms with Gasteiger partial charge < -0.3 is 26.0 Å². The Morgan fingerprint density at radius 2 is 2.16 bits per heavy atom. The average Bonchev–Trinajstić information content (AvgIpc) is 2.38. The van der Waals surface area contributed by atoms with Crippen LogP contribution in [0.25, 0.3) is 0 Å². The van der Waals surface area contributed by atoms with Crippen molar-refractivity contribution in [3.05, 3.63) is 27.8 Å². The topological polar surface area (TPSA) is 131 Å². The molecule has 106 valence electrons. The number of aliphatic hydroxyl groups is 2. The molecule has 19 heavy (non-hydrogen) atoms. The van der Waals surface area contributed by atoms with Crippen molar-refractivity contribution in [3.63, 3.8) is 0 Å². The minimum absolute atomic E-state index is 0.0637. The molecule has 5 N–H and O–H groups in total. The first-order valence-corrected chi connectivity index (χ1v) is 5.54. The minimum atomic E-state index is -1.35. The number of nitrogens with two attached hydrogens (primary N) is 1. The molecule has 0 heterocycles. The normalized spacial score (nSPS) is 13.9. The fourth-order valence-electron chi connectivity index (χ4n) is 1.67. The minimum Gasteiger partial charge on any atom is -0.496 e. The van der Waals surface area contributed by atoms with Crippen LogP contribution in [0.1, 0.15) is 11.7 Å². The van der Waals surface area contributed by atoms with E-state index < -0.39 is 17.1 Å². The number of methoxy groups -OCH3 is 1. The number of nitro groups is 1. The van der Waals surface area contributed by atoms with Crippen LogP contribution in [0.2, 0.25) is 0 Å². The lowest BCUT2D eigenvalue weighted by Gasteiger charge is -2.19. The van der Waals surface area contributed by atoms with E-state index in [4.69, 9.17) is 10.5 Å². The molecule has 1 aromatic carbocycles. The Balaban J connectivity index is 3.25. The lowest BCUT2D eigenvalue weighted by atomic mass is 10.0. The Bertz CT molecular complexity index is 466. The van der Waals surface area contributed by atoms with Crippen LogP contribution in [-0.2, 0) is 0 Å². The molecule has 8 heteroatoms. The van der Waals surface area contributed by atoms with Gasteiger partial charge in [-0.3, -0.25) is 10.1 Å². The number of likely N-dealkylation sites (N-methyl/N-ethyl adjacent to an activating group) is 1. The lowest BCUT2D eigenvalue weighted by molar-refractivity contribution is -0.384. The highest BCUT2D eigenvalue weighted by atomic mass is 16.6. The summed E-state index contributed by atoms with van der Waals surface area (Å²) in [5, 5.41) is 33.3. The van der Waals surface area contributed by atoms with Gasteiger partial charge in [0.15, 0.2) is 0 Å². The number of nitrogens with zero attached hydrogens (tertiary/aromatic N) is 1. The highest BCUT2D eigenvalue weighted by molar-refractivity contribution is 5.66. The molecule has 8 nitrogen and oxygen atoms in total. The first-order valence-electron chi connectivity index (χ1n) is 5.54. The zero-order valence-electron chi connectivity index (χ0n) is 10.7.